The first-order chi connectivity index (χ1) is 15.1. The molecule has 0 atom stereocenters. The number of likely N-dealkylation sites (N-methyl/N-ethyl adjacent to an activating group) is 2. The predicted molar refractivity (Wildman–Crippen MR) is 123 cm³/mol. The van der Waals surface area contributed by atoms with Gasteiger partial charge in [-0.15, -0.1) is 5.10 Å². The van der Waals surface area contributed by atoms with Gasteiger partial charge in [0.2, 0.25) is 0 Å². The maximum absolute atomic E-state index is 6.06. The first-order valence-corrected chi connectivity index (χ1v) is 11.7. The molecule has 31 heavy (non-hydrogen) atoms. The summed E-state index contributed by atoms with van der Waals surface area (Å²) in [4.78, 5) is 8.48. The molecule has 4 rings (SSSR count). The molecule has 0 saturated carbocycles. The summed E-state index contributed by atoms with van der Waals surface area (Å²) >= 11 is 0. The molecule has 0 bridgehead atoms. The van der Waals surface area contributed by atoms with Crippen LogP contribution >= 0.6 is 0 Å². The topological polar surface area (TPSA) is 62.6 Å². The molecule has 0 N–H and O–H groups in total. The number of ether oxygens (including phenoxy) is 1. The van der Waals surface area contributed by atoms with E-state index >= 15 is 0 Å². The fraction of sp³-hybridized carbons (Fsp3) is 0.696. The smallest absolute Gasteiger partial charge is 0.266 e. The van der Waals surface area contributed by atoms with Crippen LogP contribution in [0.1, 0.15) is 36.8 Å². The Morgan fingerprint density at radius 3 is 2.77 bits per heavy atom. The maximum Gasteiger partial charge on any atom is 0.266 e. The van der Waals surface area contributed by atoms with Crippen molar-refractivity contribution in [2.75, 3.05) is 58.8 Å². The zero-order valence-electron chi connectivity index (χ0n) is 19.3. The van der Waals surface area contributed by atoms with Crippen LogP contribution in [0.4, 0.5) is 5.95 Å². The van der Waals surface area contributed by atoms with Crippen molar-refractivity contribution in [3.63, 3.8) is 0 Å². The second-order valence-corrected chi connectivity index (χ2v) is 9.33. The van der Waals surface area contributed by atoms with Gasteiger partial charge in [0.1, 0.15) is 5.75 Å². The van der Waals surface area contributed by atoms with Crippen molar-refractivity contribution in [1.29, 1.82) is 0 Å². The molecule has 2 aliphatic rings. The summed E-state index contributed by atoms with van der Waals surface area (Å²) in [7, 11) is 6.29. The van der Waals surface area contributed by atoms with Crippen molar-refractivity contribution in [2.45, 2.75) is 45.2 Å². The summed E-state index contributed by atoms with van der Waals surface area (Å²) in [5, 5.41) is 13.0. The third-order valence-electron chi connectivity index (χ3n) is 6.49. The van der Waals surface area contributed by atoms with Crippen LogP contribution in [0, 0.1) is 5.92 Å². The van der Waals surface area contributed by atoms with Crippen LogP contribution in [0.2, 0.25) is 0 Å². The van der Waals surface area contributed by atoms with Gasteiger partial charge >= 0.3 is 0 Å². The van der Waals surface area contributed by atoms with Crippen molar-refractivity contribution in [2.24, 2.45) is 5.92 Å². The molecule has 1 fully saturated rings. The number of fused-ring (bicyclic) bond motifs is 1. The van der Waals surface area contributed by atoms with Crippen LogP contribution in [0.3, 0.4) is 0 Å². The van der Waals surface area contributed by atoms with Gasteiger partial charge in [0.05, 0.1) is 13.2 Å². The summed E-state index contributed by atoms with van der Waals surface area (Å²) in [6.45, 7) is 6.72. The quantitative estimate of drug-likeness (QED) is 0.569. The zero-order chi connectivity index (χ0) is 21.6. The number of anilines is 1. The number of piperidine rings is 1. The van der Waals surface area contributed by atoms with E-state index in [1.54, 1.807) is 4.80 Å². The highest BCUT2D eigenvalue weighted by atomic mass is 16.5. The Morgan fingerprint density at radius 2 is 1.97 bits per heavy atom. The molecule has 8 nitrogen and oxygen atoms in total. The minimum absolute atomic E-state index is 0.766. The highest BCUT2D eigenvalue weighted by molar-refractivity contribution is 5.37. The molecular weight excluding hydrogens is 390 g/mol. The number of rotatable bonds is 9. The lowest BCUT2D eigenvalue weighted by molar-refractivity contribution is 0.277. The Bertz CT molecular complexity index is 829. The molecule has 0 radical (unpaired) electrons. The number of nitrogens with zero attached hydrogens (tertiary/aromatic N) is 7. The maximum atomic E-state index is 6.06. The molecule has 1 aromatic heterocycles. The van der Waals surface area contributed by atoms with Crippen LogP contribution in [-0.4, -0.2) is 83.9 Å². The average molecular weight is 428 g/mol. The molecule has 1 saturated heterocycles. The van der Waals surface area contributed by atoms with E-state index in [4.69, 9.17) is 4.74 Å². The number of hydrogen-bond acceptors (Lipinski definition) is 7. The molecule has 0 unspecified atom stereocenters. The lowest BCUT2D eigenvalue weighted by atomic mass is 9.92. The summed E-state index contributed by atoms with van der Waals surface area (Å²) in [5.41, 5.74) is 2.90. The summed E-state index contributed by atoms with van der Waals surface area (Å²) in [6.07, 6.45) is 5.85. The van der Waals surface area contributed by atoms with Crippen molar-refractivity contribution < 1.29 is 4.74 Å². The van der Waals surface area contributed by atoms with Gasteiger partial charge in [-0.25, -0.2) is 0 Å². The lowest BCUT2D eigenvalue weighted by Crippen LogP contribution is -2.34. The van der Waals surface area contributed by atoms with E-state index in [2.05, 4.69) is 69.5 Å². The van der Waals surface area contributed by atoms with Gasteiger partial charge in [-0.05, 0) is 87.6 Å². The molecular formula is C23H37N7O. The van der Waals surface area contributed by atoms with Gasteiger partial charge in [-0.1, -0.05) is 11.2 Å². The molecule has 0 aliphatic carbocycles. The number of hydrogen-bond donors (Lipinski definition) is 0. The van der Waals surface area contributed by atoms with E-state index in [1.807, 2.05) is 0 Å². The van der Waals surface area contributed by atoms with E-state index in [0.717, 1.165) is 76.3 Å². The normalized spacial score (nSPS) is 17.9. The van der Waals surface area contributed by atoms with Gasteiger partial charge in [0, 0.05) is 32.7 Å². The van der Waals surface area contributed by atoms with Gasteiger partial charge in [-0.3, -0.25) is 0 Å². The minimum atomic E-state index is 0.766. The van der Waals surface area contributed by atoms with Gasteiger partial charge < -0.3 is 19.4 Å². The Kier molecular flexibility index (Phi) is 7.40. The number of aromatic nitrogens is 4. The van der Waals surface area contributed by atoms with Crippen LogP contribution in [0.15, 0.2) is 18.2 Å². The van der Waals surface area contributed by atoms with Crippen molar-refractivity contribution in [3.8, 4) is 5.75 Å². The molecule has 0 amide bonds. The monoisotopic (exact) mass is 427 g/mol. The van der Waals surface area contributed by atoms with E-state index < -0.39 is 0 Å². The average Bonchev–Trinajstić information content (AvgIpc) is 3.25. The van der Waals surface area contributed by atoms with Gasteiger partial charge in [0.25, 0.3) is 5.95 Å². The largest absolute Gasteiger partial charge is 0.494 e. The Labute approximate surface area is 186 Å². The Morgan fingerprint density at radius 1 is 1.13 bits per heavy atom. The van der Waals surface area contributed by atoms with E-state index in [1.165, 1.54) is 30.4 Å². The molecule has 170 valence electrons. The first-order valence-electron chi connectivity index (χ1n) is 11.7. The van der Waals surface area contributed by atoms with Crippen LogP contribution in [0.5, 0.6) is 5.75 Å². The highest BCUT2D eigenvalue weighted by Gasteiger charge is 2.22. The third-order valence-corrected chi connectivity index (χ3v) is 6.49. The molecule has 2 aromatic rings. The second-order valence-electron chi connectivity index (χ2n) is 9.33. The summed E-state index contributed by atoms with van der Waals surface area (Å²) < 4.78 is 6.06. The molecule has 2 aliphatic heterocycles. The number of tetrazole rings is 1. The summed E-state index contributed by atoms with van der Waals surface area (Å²) in [6, 6.07) is 6.62. The Hall–Kier alpha value is -2.19. The fourth-order valence-electron chi connectivity index (χ4n) is 4.49. The zero-order valence-corrected chi connectivity index (χ0v) is 19.3. The predicted octanol–water partition coefficient (Wildman–Crippen LogP) is 2.30. The van der Waals surface area contributed by atoms with Gasteiger partial charge in [-0.2, -0.15) is 4.80 Å². The molecule has 8 heteroatoms. The Balaban J connectivity index is 1.14. The van der Waals surface area contributed by atoms with Crippen molar-refractivity contribution >= 4 is 5.95 Å². The van der Waals surface area contributed by atoms with Gasteiger partial charge in [0.15, 0.2) is 0 Å². The first kappa shape index (κ1) is 22.0. The highest BCUT2D eigenvalue weighted by Crippen LogP contribution is 2.25. The second kappa shape index (κ2) is 10.4. The van der Waals surface area contributed by atoms with Crippen LogP contribution < -0.4 is 9.64 Å². The van der Waals surface area contributed by atoms with Crippen molar-refractivity contribution in [3.05, 3.63) is 29.3 Å². The van der Waals surface area contributed by atoms with Crippen molar-refractivity contribution in [1.82, 2.24) is 30.0 Å². The van der Waals surface area contributed by atoms with E-state index in [9.17, 15) is 0 Å². The standard InChI is InChI=1S/C23H37N7O/c1-27(2)14-15-30-25-23(24-26-30)29-12-8-19(9-13-29)5-4-16-31-22-7-6-21-18-28(3)11-10-20(21)17-22/h6-7,17,19H,4-5,8-16,18H2,1-3H3. The SMILES string of the molecule is CN(C)CCn1nnc(N2CCC(CCCOc3ccc4c(c3)CCN(C)C4)CC2)n1. The molecule has 3 heterocycles. The molecule has 0 spiro atoms. The fourth-order valence-corrected chi connectivity index (χ4v) is 4.49. The lowest BCUT2D eigenvalue weighted by Gasteiger charge is -2.30. The van der Waals surface area contributed by atoms with Crippen LogP contribution in [-0.2, 0) is 19.5 Å². The van der Waals surface area contributed by atoms with E-state index in [-0.39, 0.29) is 0 Å². The van der Waals surface area contributed by atoms with Crippen LogP contribution in [0.25, 0.3) is 0 Å². The number of benzene rings is 1. The minimum Gasteiger partial charge on any atom is -0.494 e. The molecule has 1 aromatic carbocycles. The summed E-state index contributed by atoms with van der Waals surface area (Å²) in [5.74, 6) is 2.57. The third kappa shape index (κ3) is 6.17. The van der Waals surface area contributed by atoms with E-state index in [0.29, 0.717) is 0 Å².